The molecule has 1 aromatic heterocycles. The van der Waals surface area contributed by atoms with Crippen molar-refractivity contribution in [1.29, 1.82) is 0 Å². The average molecular weight is 200 g/mol. The number of phenols is 1. The van der Waals surface area contributed by atoms with Gasteiger partial charge in [0, 0.05) is 17.0 Å². The molecule has 0 atom stereocenters. The van der Waals surface area contributed by atoms with Gasteiger partial charge >= 0.3 is 35.2 Å². The minimum absolute atomic E-state index is 0. The minimum Gasteiger partial charge on any atom is -1.00 e. The molecule has 1 heterocycles. The first-order valence-corrected chi connectivity index (χ1v) is 3.90. The minimum atomic E-state index is -0.363. The summed E-state index contributed by atoms with van der Waals surface area (Å²) >= 11 is 0. The van der Waals surface area contributed by atoms with Crippen molar-refractivity contribution in [3.05, 3.63) is 40.2 Å². The Morgan fingerprint density at radius 2 is 2.07 bits per heavy atom. The zero-order valence-electron chi connectivity index (χ0n) is 9.07. The molecule has 0 radical (unpaired) electrons. The quantitative estimate of drug-likeness (QED) is 0.435. The van der Waals surface area contributed by atoms with Crippen molar-refractivity contribution in [2.75, 3.05) is 0 Å². The van der Waals surface area contributed by atoms with Crippen molar-refractivity contribution in [3.8, 4) is 5.75 Å². The summed E-state index contributed by atoms with van der Waals surface area (Å²) in [5, 5.41) is 9.94. The van der Waals surface area contributed by atoms with Gasteiger partial charge < -0.3 is 11.0 Å². The van der Waals surface area contributed by atoms with E-state index in [0.717, 1.165) is 5.39 Å². The molecule has 4 heteroatoms. The first-order valence-electron chi connectivity index (χ1n) is 3.90. The summed E-state index contributed by atoms with van der Waals surface area (Å²) in [6, 6.07) is 6.43. The third-order valence-electron chi connectivity index (χ3n) is 1.89. The van der Waals surface area contributed by atoms with Crippen LogP contribution in [0.1, 0.15) is 6.99 Å². The normalized spacial score (nSPS) is 9.79. The molecule has 3 nitrogen and oxygen atoms in total. The maximum absolute atomic E-state index is 11.1. The SMILES string of the molecule is Cc1cc2ccc(O)cc2oc1=O.[H-].[Na+]. The van der Waals surface area contributed by atoms with Crippen molar-refractivity contribution in [1.82, 2.24) is 0 Å². The van der Waals surface area contributed by atoms with Crippen LogP contribution in [-0.4, -0.2) is 5.11 Å². The number of aromatic hydroxyl groups is 1. The summed E-state index contributed by atoms with van der Waals surface area (Å²) in [7, 11) is 0. The van der Waals surface area contributed by atoms with E-state index < -0.39 is 0 Å². The van der Waals surface area contributed by atoms with E-state index in [9.17, 15) is 4.79 Å². The molecule has 68 valence electrons. The third-order valence-corrected chi connectivity index (χ3v) is 1.89. The fraction of sp³-hybridized carbons (Fsp3) is 0.100. The van der Waals surface area contributed by atoms with E-state index in [1.165, 1.54) is 6.07 Å². The molecule has 0 unspecified atom stereocenters. The van der Waals surface area contributed by atoms with Gasteiger partial charge in [-0.25, -0.2) is 4.79 Å². The van der Waals surface area contributed by atoms with Crippen LogP contribution in [-0.2, 0) is 0 Å². The van der Waals surface area contributed by atoms with Crippen molar-refractivity contribution < 1.29 is 40.5 Å². The molecule has 1 aromatic carbocycles. The van der Waals surface area contributed by atoms with E-state index in [2.05, 4.69) is 0 Å². The predicted molar refractivity (Wildman–Crippen MR) is 50.0 cm³/mol. The van der Waals surface area contributed by atoms with E-state index in [-0.39, 0.29) is 42.4 Å². The molecule has 0 saturated heterocycles. The summed E-state index contributed by atoms with van der Waals surface area (Å²) in [5.41, 5.74) is 0.617. The van der Waals surface area contributed by atoms with Crippen molar-refractivity contribution in [2.45, 2.75) is 6.92 Å². The molecular weight excluding hydrogens is 191 g/mol. The standard InChI is InChI=1S/C10H8O3.Na.H/c1-6-4-7-2-3-8(11)5-9(7)13-10(6)12;;/h2-5,11H,1H3;;/q;+1;-1. The van der Waals surface area contributed by atoms with Crippen LogP contribution in [0.25, 0.3) is 11.0 Å². The number of benzene rings is 1. The molecule has 0 aliphatic carbocycles. The van der Waals surface area contributed by atoms with Crippen molar-refractivity contribution in [3.63, 3.8) is 0 Å². The Hall–Kier alpha value is -0.770. The van der Waals surface area contributed by atoms with E-state index in [4.69, 9.17) is 9.52 Å². The number of hydrogen-bond acceptors (Lipinski definition) is 3. The van der Waals surface area contributed by atoms with Crippen molar-refractivity contribution in [2.24, 2.45) is 0 Å². The Morgan fingerprint density at radius 3 is 2.79 bits per heavy atom. The summed E-state index contributed by atoms with van der Waals surface area (Å²) in [4.78, 5) is 11.1. The first-order chi connectivity index (χ1) is 6.16. The molecule has 0 aliphatic heterocycles. The molecule has 2 aromatic rings. The Labute approximate surface area is 104 Å². The zero-order chi connectivity index (χ0) is 9.42. The van der Waals surface area contributed by atoms with Gasteiger partial charge in [0.25, 0.3) is 0 Å². The Bertz CT molecular complexity index is 522. The van der Waals surface area contributed by atoms with Crippen LogP contribution in [0.3, 0.4) is 0 Å². The molecule has 1 N–H and O–H groups in total. The number of hydrogen-bond donors (Lipinski definition) is 1. The molecule has 0 saturated carbocycles. The molecule has 14 heavy (non-hydrogen) atoms. The predicted octanol–water partition coefficient (Wildman–Crippen LogP) is -1.08. The van der Waals surface area contributed by atoms with Crippen LogP contribution in [0, 0.1) is 6.92 Å². The average Bonchev–Trinajstić information content (AvgIpc) is 2.08. The van der Waals surface area contributed by atoms with Crippen LogP contribution < -0.4 is 35.2 Å². The topological polar surface area (TPSA) is 50.4 Å². The van der Waals surface area contributed by atoms with Crippen LogP contribution in [0.5, 0.6) is 5.75 Å². The summed E-state index contributed by atoms with van der Waals surface area (Å²) < 4.78 is 4.96. The van der Waals surface area contributed by atoms with Crippen LogP contribution in [0.2, 0.25) is 0 Å². The van der Waals surface area contributed by atoms with Gasteiger partial charge in [-0.2, -0.15) is 0 Å². The first kappa shape index (κ1) is 11.3. The van der Waals surface area contributed by atoms with Gasteiger partial charge in [0.05, 0.1) is 0 Å². The Morgan fingerprint density at radius 1 is 1.36 bits per heavy atom. The van der Waals surface area contributed by atoms with Gasteiger partial charge in [-0.15, -0.1) is 0 Å². The van der Waals surface area contributed by atoms with Crippen molar-refractivity contribution >= 4 is 11.0 Å². The largest absolute Gasteiger partial charge is 1.00 e. The second-order valence-corrected chi connectivity index (χ2v) is 2.94. The molecule has 2 rings (SSSR count). The van der Waals surface area contributed by atoms with E-state index in [0.29, 0.717) is 11.1 Å². The third kappa shape index (κ3) is 2.00. The number of aryl methyl sites for hydroxylation is 1. The number of fused-ring (bicyclic) bond motifs is 1. The number of phenolic OH excluding ortho intramolecular Hbond substituents is 1. The van der Waals surface area contributed by atoms with Gasteiger partial charge in [-0.3, -0.25) is 0 Å². The molecule has 0 amide bonds. The number of rotatable bonds is 0. The van der Waals surface area contributed by atoms with Gasteiger partial charge in [0.15, 0.2) is 0 Å². The van der Waals surface area contributed by atoms with Gasteiger partial charge in [-0.05, 0) is 25.1 Å². The zero-order valence-corrected chi connectivity index (χ0v) is 10.1. The van der Waals surface area contributed by atoms with Gasteiger partial charge in [-0.1, -0.05) is 0 Å². The summed E-state index contributed by atoms with van der Waals surface area (Å²) in [6.45, 7) is 1.69. The molecular formula is C10H9NaO3. The van der Waals surface area contributed by atoms with E-state index in [1.807, 2.05) is 0 Å². The second kappa shape index (κ2) is 4.17. The van der Waals surface area contributed by atoms with Crippen LogP contribution in [0.4, 0.5) is 0 Å². The molecule has 0 spiro atoms. The smallest absolute Gasteiger partial charge is 1.00 e. The molecule has 0 aliphatic rings. The maximum Gasteiger partial charge on any atom is 1.00 e. The molecule has 0 bridgehead atoms. The second-order valence-electron chi connectivity index (χ2n) is 2.94. The fourth-order valence-electron chi connectivity index (χ4n) is 1.20. The van der Waals surface area contributed by atoms with E-state index in [1.54, 1.807) is 25.1 Å². The monoisotopic (exact) mass is 200 g/mol. The fourth-order valence-corrected chi connectivity index (χ4v) is 1.20. The van der Waals surface area contributed by atoms with E-state index >= 15 is 0 Å². The van der Waals surface area contributed by atoms with Gasteiger partial charge in [0.2, 0.25) is 0 Å². The van der Waals surface area contributed by atoms with Gasteiger partial charge in [0.1, 0.15) is 11.3 Å². The summed E-state index contributed by atoms with van der Waals surface area (Å²) in [5.74, 6) is 0.0968. The van der Waals surface area contributed by atoms with Crippen LogP contribution >= 0.6 is 0 Å². The molecule has 0 fully saturated rings. The Kier molecular flexibility index (Phi) is 3.37. The van der Waals surface area contributed by atoms with Crippen LogP contribution in [0.15, 0.2) is 33.5 Å². The Balaban J connectivity index is 0.000000980. The maximum atomic E-state index is 11.1. The summed E-state index contributed by atoms with van der Waals surface area (Å²) in [6.07, 6.45) is 0.